The van der Waals surface area contributed by atoms with Crippen LogP contribution in [0.4, 0.5) is 5.69 Å². The molecule has 1 unspecified atom stereocenters. The molecule has 1 aromatic rings. The lowest BCUT2D eigenvalue weighted by atomic mass is 9.98. The molecular formula is C13H16ClNO4S. The number of hydrogen-bond acceptors (Lipinski definition) is 4. The number of carboxylic acids is 1. The second kappa shape index (κ2) is 5.61. The fourth-order valence-electron chi connectivity index (χ4n) is 2.37. The van der Waals surface area contributed by atoms with Gasteiger partial charge in [0.15, 0.2) is 9.84 Å². The van der Waals surface area contributed by atoms with Gasteiger partial charge < -0.3 is 10.0 Å². The number of anilines is 1. The van der Waals surface area contributed by atoms with Crippen LogP contribution in [-0.2, 0) is 14.6 Å². The molecule has 1 aliphatic heterocycles. The second-order valence-electron chi connectivity index (χ2n) is 5.01. The maximum atomic E-state index is 11.5. The summed E-state index contributed by atoms with van der Waals surface area (Å²) >= 11 is 6.14. The molecular weight excluding hydrogens is 302 g/mol. The average molecular weight is 318 g/mol. The molecule has 0 saturated carbocycles. The van der Waals surface area contributed by atoms with Crippen molar-refractivity contribution in [2.24, 2.45) is 5.92 Å². The first kappa shape index (κ1) is 15.1. The van der Waals surface area contributed by atoms with Gasteiger partial charge in [0.25, 0.3) is 0 Å². The van der Waals surface area contributed by atoms with Crippen molar-refractivity contribution >= 4 is 33.1 Å². The van der Waals surface area contributed by atoms with E-state index >= 15 is 0 Å². The molecule has 1 saturated heterocycles. The zero-order valence-electron chi connectivity index (χ0n) is 11.0. The van der Waals surface area contributed by atoms with Crippen LogP contribution in [0.1, 0.15) is 12.8 Å². The molecule has 0 amide bonds. The van der Waals surface area contributed by atoms with E-state index < -0.39 is 21.7 Å². The number of piperidine rings is 1. The van der Waals surface area contributed by atoms with E-state index in [-0.39, 0.29) is 4.90 Å². The molecule has 20 heavy (non-hydrogen) atoms. The van der Waals surface area contributed by atoms with Crippen LogP contribution in [0.2, 0.25) is 5.02 Å². The summed E-state index contributed by atoms with van der Waals surface area (Å²) in [6.45, 7) is 1.12. The number of rotatable bonds is 3. The van der Waals surface area contributed by atoms with Crippen molar-refractivity contribution in [1.29, 1.82) is 0 Å². The minimum atomic E-state index is -3.29. The minimum absolute atomic E-state index is 0.165. The van der Waals surface area contributed by atoms with Crippen molar-refractivity contribution in [3.05, 3.63) is 23.2 Å². The molecule has 1 fully saturated rings. The summed E-state index contributed by atoms with van der Waals surface area (Å²) in [5.41, 5.74) is 0.685. The van der Waals surface area contributed by atoms with Gasteiger partial charge >= 0.3 is 5.97 Å². The molecule has 110 valence electrons. The Balaban J connectivity index is 2.27. The van der Waals surface area contributed by atoms with E-state index in [0.717, 1.165) is 19.2 Å². The van der Waals surface area contributed by atoms with Crippen molar-refractivity contribution in [2.45, 2.75) is 17.7 Å². The van der Waals surface area contributed by atoms with Gasteiger partial charge in [-0.2, -0.15) is 0 Å². The van der Waals surface area contributed by atoms with E-state index in [0.29, 0.717) is 23.7 Å². The van der Waals surface area contributed by atoms with Crippen molar-refractivity contribution in [3.8, 4) is 0 Å². The lowest BCUT2D eigenvalue weighted by Gasteiger charge is -2.33. The van der Waals surface area contributed by atoms with E-state index in [1.807, 2.05) is 4.90 Å². The molecule has 1 atom stereocenters. The quantitative estimate of drug-likeness (QED) is 0.923. The van der Waals surface area contributed by atoms with Crippen LogP contribution in [0, 0.1) is 5.92 Å². The SMILES string of the molecule is CS(=O)(=O)c1ccc(N2CCCC(C(=O)O)C2)c(Cl)c1. The Kier molecular flexibility index (Phi) is 4.25. The van der Waals surface area contributed by atoms with E-state index in [1.54, 1.807) is 6.07 Å². The Hall–Kier alpha value is -1.27. The summed E-state index contributed by atoms with van der Waals surface area (Å²) in [7, 11) is -3.29. The van der Waals surface area contributed by atoms with E-state index in [1.165, 1.54) is 12.1 Å². The van der Waals surface area contributed by atoms with Crippen LogP contribution in [-0.4, -0.2) is 38.8 Å². The van der Waals surface area contributed by atoms with Gasteiger partial charge in [-0.15, -0.1) is 0 Å². The smallest absolute Gasteiger partial charge is 0.308 e. The monoisotopic (exact) mass is 317 g/mol. The standard InChI is InChI=1S/C13H16ClNO4S/c1-20(18,19)10-4-5-12(11(14)7-10)15-6-2-3-9(8-15)13(16)17/h4-5,7,9H,2-3,6,8H2,1H3,(H,16,17). The molecule has 5 nitrogen and oxygen atoms in total. The third-order valence-electron chi connectivity index (χ3n) is 3.46. The van der Waals surface area contributed by atoms with E-state index in [9.17, 15) is 13.2 Å². The summed E-state index contributed by atoms with van der Waals surface area (Å²) in [5.74, 6) is -1.21. The van der Waals surface area contributed by atoms with Gasteiger partial charge in [-0.1, -0.05) is 11.6 Å². The summed E-state index contributed by atoms with van der Waals surface area (Å²) in [6.07, 6.45) is 2.56. The van der Waals surface area contributed by atoms with E-state index in [2.05, 4.69) is 0 Å². The number of carbonyl (C=O) groups is 1. The molecule has 1 aromatic carbocycles. The maximum absolute atomic E-state index is 11.5. The molecule has 1 N–H and O–H groups in total. The zero-order chi connectivity index (χ0) is 14.9. The number of carboxylic acid groups (broad SMARTS) is 1. The lowest BCUT2D eigenvalue weighted by molar-refractivity contribution is -0.141. The van der Waals surface area contributed by atoms with Crippen LogP contribution in [0.3, 0.4) is 0 Å². The molecule has 1 heterocycles. The number of sulfone groups is 1. The highest BCUT2D eigenvalue weighted by atomic mass is 35.5. The van der Waals surface area contributed by atoms with E-state index in [4.69, 9.17) is 16.7 Å². The average Bonchev–Trinajstić information content (AvgIpc) is 2.37. The third kappa shape index (κ3) is 3.24. The van der Waals surface area contributed by atoms with Crippen LogP contribution in [0.5, 0.6) is 0 Å². The molecule has 0 aromatic heterocycles. The highest BCUT2D eigenvalue weighted by molar-refractivity contribution is 7.90. The summed E-state index contributed by atoms with van der Waals surface area (Å²) < 4.78 is 22.9. The zero-order valence-corrected chi connectivity index (χ0v) is 12.6. The summed E-state index contributed by atoms with van der Waals surface area (Å²) in [5, 5.41) is 9.42. The van der Waals surface area contributed by atoms with Gasteiger partial charge in [0.2, 0.25) is 0 Å². The Morgan fingerprint density at radius 1 is 1.45 bits per heavy atom. The number of hydrogen-bond donors (Lipinski definition) is 1. The van der Waals surface area contributed by atoms with Crippen molar-refractivity contribution in [3.63, 3.8) is 0 Å². The van der Waals surface area contributed by atoms with Gasteiger partial charge in [-0.25, -0.2) is 8.42 Å². The summed E-state index contributed by atoms with van der Waals surface area (Å²) in [6, 6.07) is 4.56. The highest BCUT2D eigenvalue weighted by Crippen LogP contribution is 2.31. The van der Waals surface area contributed by atoms with Crippen LogP contribution in [0.15, 0.2) is 23.1 Å². The first-order valence-corrected chi connectivity index (χ1v) is 8.53. The maximum Gasteiger partial charge on any atom is 0.308 e. The van der Waals surface area contributed by atoms with Gasteiger partial charge in [-0.05, 0) is 31.0 Å². The van der Waals surface area contributed by atoms with Crippen molar-refractivity contribution in [1.82, 2.24) is 0 Å². The predicted octanol–water partition coefficient (Wildman–Crippen LogP) is 2.04. The van der Waals surface area contributed by atoms with Crippen molar-refractivity contribution < 1.29 is 18.3 Å². The van der Waals surface area contributed by atoms with Crippen LogP contribution in [0.25, 0.3) is 0 Å². The normalized spacial score (nSPS) is 19.9. The van der Waals surface area contributed by atoms with Gasteiger partial charge in [0.05, 0.1) is 21.5 Å². The Morgan fingerprint density at radius 3 is 2.70 bits per heavy atom. The topological polar surface area (TPSA) is 74.7 Å². The van der Waals surface area contributed by atoms with Gasteiger partial charge in [-0.3, -0.25) is 4.79 Å². The fraction of sp³-hybridized carbons (Fsp3) is 0.462. The number of halogens is 1. The molecule has 7 heteroatoms. The molecule has 0 aliphatic carbocycles. The first-order chi connectivity index (χ1) is 9.29. The Labute approximate surface area is 123 Å². The largest absolute Gasteiger partial charge is 0.481 e. The second-order valence-corrected chi connectivity index (χ2v) is 7.43. The van der Waals surface area contributed by atoms with Gasteiger partial charge in [0, 0.05) is 19.3 Å². The summed E-state index contributed by atoms with van der Waals surface area (Å²) in [4.78, 5) is 13.1. The molecule has 0 spiro atoms. The van der Waals surface area contributed by atoms with Crippen molar-refractivity contribution in [2.75, 3.05) is 24.2 Å². The predicted molar refractivity (Wildman–Crippen MR) is 77.1 cm³/mol. The Bertz CT molecular complexity index is 629. The lowest BCUT2D eigenvalue weighted by Crippen LogP contribution is -2.38. The molecule has 1 aliphatic rings. The fourth-order valence-corrected chi connectivity index (χ4v) is 3.38. The Morgan fingerprint density at radius 2 is 2.15 bits per heavy atom. The minimum Gasteiger partial charge on any atom is -0.481 e. The van der Waals surface area contributed by atoms with Crippen LogP contribution >= 0.6 is 11.6 Å². The number of aliphatic carboxylic acids is 1. The molecule has 0 bridgehead atoms. The third-order valence-corrected chi connectivity index (χ3v) is 4.87. The van der Waals surface area contributed by atoms with Gasteiger partial charge in [0.1, 0.15) is 0 Å². The van der Waals surface area contributed by atoms with Crippen LogP contribution < -0.4 is 4.90 Å². The highest BCUT2D eigenvalue weighted by Gasteiger charge is 2.26. The molecule has 0 radical (unpaired) electrons. The number of benzene rings is 1. The number of nitrogens with zero attached hydrogens (tertiary/aromatic N) is 1. The first-order valence-electron chi connectivity index (χ1n) is 6.26. The molecule has 2 rings (SSSR count).